The highest BCUT2D eigenvalue weighted by atomic mass is 16.5. The Labute approximate surface area is 172 Å². The summed E-state index contributed by atoms with van der Waals surface area (Å²) in [6.07, 6.45) is 0. The van der Waals surface area contributed by atoms with Crippen LogP contribution >= 0.6 is 0 Å². The van der Waals surface area contributed by atoms with Gasteiger partial charge in [0, 0.05) is 24.7 Å². The number of methoxy groups -OCH3 is 2. The Morgan fingerprint density at radius 2 is 1.40 bits per heavy atom. The fourth-order valence-electron chi connectivity index (χ4n) is 3.00. The third kappa shape index (κ3) is 4.40. The molecular weight excluding hydrogens is 390 g/mol. The molecule has 1 heterocycles. The number of imide groups is 1. The van der Waals surface area contributed by atoms with Gasteiger partial charge in [0.25, 0.3) is 17.7 Å². The Morgan fingerprint density at radius 1 is 0.867 bits per heavy atom. The van der Waals surface area contributed by atoms with Crippen LogP contribution in [-0.4, -0.2) is 62.4 Å². The van der Waals surface area contributed by atoms with E-state index in [0.29, 0.717) is 17.1 Å². The molecule has 0 fully saturated rings. The van der Waals surface area contributed by atoms with Crippen LogP contribution in [0.3, 0.4) is 0 Å². The number of ether oxygens (including phenoxy) is 2. The lowest BCUT2D eigenvalue weighted by molar-refractivity contribution is -0.121. The Kier molecular flexibility index (Phi) is 6.31. The summed E-state index contributed by atoms with van der Waals surface area (Å²) < 4.78 is 10.3. The van der Waals surface area contributed by atoms with E-state index in [9.17, 15) is 19.2 Å². The second-order valence-electron chi connectivity index (χ2n) is 6.45. The molecule has 0 saturated carbocycles. The summed E-state index contributed by atoms with van der Waals surface area (Å²) in [5.74, 6) is -0.886. The summed E-state index contributed by atoms with van der Waals surface area (Å²) in [5, 5.41) is 5.25. The summed E-state index contributed by atoms with van der Waals surface area (Å²) >= 11 is 0. The second-order valence-corrected chi connectivity index (χ2v) is 6.45. The molecule has 9 nitrogen and oxygen atoms in total. The van der Waals surface area contributed by atoms with Gasteiger partial charge >= 0.3 is 0 Å². The molecule has 0 aliphatic carbocycles. The number of nitrogens with one attached hydrogen (secondary N) is 2. The maximum Gasteiger partial charge on any atom is 0.262 e. The van der Waals surface area contributed by atoms with Gasteiger partial charge in [-0.25, -0.2) is 0 Å². The smallest absolute Gasteiger partial charge is 0.262 e. The van der Waals surface area contributed by atoms with Gasteiger partial charge in [-0.05, 0) is 24.3 Å². The van der Waals surface area contributed by atoms with Gasteiger partial charge in [0.1, 0.15) is 18.0 Å². The predicted molar refractivity (Wildman–Crippen MR) is 107 cm³/mol. The van der Waals surface area contributed by atoms with E-state index >= 15 is 0 Å². The molecule has 9 heteroatoms. The molecule has 0 atom stereocenters. The van der Waals surface area contributed by atoms with E-state index in [1.54, 1.807) is 42.5 Å². The van der Waals surface area contributed by atoms with E-state index in [0.717, 1.165) is 4.90 Å². The van der Waals surface area contributed by atoms with Gasteiger partial charge < -0.3 is 20.1 Å². The van der Waals surface area contributed by atoms with Crippen LogP contribution in [0.2, 0.25) is 0 Å². The van der Waals surface area contributed by atoms with Crippen molar-refractivity contribution in [2.45, 2.75) is 0 Å². The topological polar surface area (TPSA) is 114 Å². The molecule has 0 aromatic heterocycles. The molecule has 2 aromatic carbocycles. The minimum atomic E-state index is -0.498. The Balaban J connectivity index is 1.47. The normalized spacial score (nSPS) is 12.4. The molecule has 0 saturated heterocycles. The van der Waals surface area contributed by atoms with Crippen molar-refractivity contribution in [1.29, 1.82) is 0 Å². The molecule has 156 valence electrons. The van der Waals surface area contributed by atoms with Crippen molar-refractivity contribution in [3.8, 4) is 11.5 Å². The molecule has 0 unspecified atom stereocenters. The minimum Gasteiger partial charge on any atom is -0.497 e. The molecule has 3 rings (SSSR count). The number of nitrogens with zero attached hydrogens (tertiary/aromatic N) is 1. The van der Waals surface area contributed by atoms with Crippen LogP contribution in [0.1, 0.15) is 31.1 Å². The lowest BCUT2D eigenvalue weighted by Gasteiger charge is -2.14. The van der Waals surface area contributed by atoms with Gasteiger partial charge in [-0.3, -0.25) is 24.1 Å². The Hall–Kier alpha value is -3.88. The average Bonchev–Trinajstić information content (AvgIpc) is 3.01. The summed E-state index contributed by atoms with van der Waals surface area (Å²) in [5.41, 5.74) is 0.927. The number of fused-ring (bicyclic) bond motifs is 1. The first-order chi connectivity index (χ1) is 14.4. The van der Waals surface area contributed by atoms with E-state index in [1.807, 2.05) is 0 Å². The van der Waals surface area contributed by atoms with Crippen LogP contribution in [0.25, 0.3) is 0 Å². The van der Waals surface area contributed by atoms with Crippen LogP contribution in [0.4, 0.5) is 0 Å². The molecule has 0 bridgehead atoms. The molecular formula is C21H21N3O6. The van der Waals surface area contributed by atoms with E-state index in [1.165, 1.54) is 14.2 Å². The number of hydrogen-bond donors (Lipinski definition) is 2. The maximum atomic E-state index is 12.3. The van der Waals surface area contributed by atoms with Gasteiger partial charge in [0.05, 0.1) is 25.3 Å². The van der Waals surface area contributed by atoms with Crippen molar-refractivity contribution in [3.05, 3.63) is 59.2 Å². The molecule has 1 aliphatic rings. The maximum absolute atomic E-state index is 12.3. The highest BCUT2D eigenvalue weighted by Crippen LogP contribution is 2.23. The number of amides is 4. The largest absolute Gasteiger partial charge is 0.497 e. The molecule has 0 radical (unpaired) electrons. The Bertz CT molecular complexity index is 947. The molecule has 4 amide bonds. The summed E-state index contributed by atoms with van der Waals surface area (Å²) in [6.45, 7) is -0.0889. The predicted octanol–water partition coefficient (Wildman–Crippen LogP) is 0.846. The number of carbonyl (C=O) groups excluding carboxylic acids is 4. The molecule has 2 N–H and O–H groups in total. The molecule has 2 aromatic rings. The lowest BCUT2D eigenvalue weighted by Crippen LogP contribution is -2.42. The lowest BCUT2D eigenvalue weighted by atomic mass is 10.1. The van der Waals surface area contributed by atoms with Crippen molar-refractivity contribution < 1.29 is 28.7 Å². The van der Waals surface area contributed by atoms with Gasteiger partial charge in [0.15, 0.2) is 0 Å². The van der Waals surface area contributed by atoms with Crippen molar-refractivity contribution >= 4 is 23.6 Å². The standard InChI is InChI=1S/C21H21N3O6/c1-29-14-9-13(10-15(11-14)30-2)19(26)23-8-7-22-18(25)12-24-20(27)16-5-3-4-6-17(16)21(24)28/h3-6,9-11H,7-8,12H2,1-2H3,(H,22,25)(H,23,26). The number of hydrogen-bond acceptors (Lipinski definition) is 6. The zero-order valence-electron chi connectivity index (χ0n) is 16.6. The summed E-state index contributed by atoms with van der Waals surface area (Å²) in [6, 6.07) is 11.2. The SMILES string of the molecule is COc1cc(OC)cc(C(=O)NCCNC(=O)CN2C(=O)c3ccccc3C2=O)c1. The monoisotopic (exact) mass is 411 g/mol. The van der Waals surface area contributed by atoms with Crippen molar-refractivity contribution in [2.75, 3.05) is 33.9 Å². The van der Waals surface area contributed by atoms with Crippen LogP contribution in [0.15, 0.2) is 42.5 Å². The van der Waals surface area contributed by atoms with Crippen molar-refractivity contribution in [3.63, 3.8) is 0 Å². The average molecular weight is 411 g/mol. The van der Waals surface area contributed by atoms with Crippen LogP contribution in [0, 0.1) is 0 Å². The van der Waals surface area contributed by atoms with Crippen molar-refractivity contribution in [2.24, 2.45) is 0 Å². The second kappa shape index (κ2) is 9.08. The van der Waals surface area contributed by atoms with Gasteiger partial charge in [-0.1, -0.05) is 12.1 Å². The van der Waals surface area contributed by atoms with Crippen LogP contribution in [0.5, 0.6) is 11.5 Å². The zero-order chi connectivity index (χ0) is 21.7. The van der Waals surface area contributed by atoms with E-state index in [2.05, 4.69) is 10.6 Å². The van der Waals surface area contributed by atoms with Gasteiger partial charge in [0.2, 0.25) is 5.91 Å². The third-order valence-corrected chi connectivity index (χ3v) is 4.53. The molecule has 30 heavy (non-hydrogen) atoms. The van der Waals surface area contributed by atoms with E-state index in [4.69, 9.17) is 9.47 Å². The van der Waals surface area contributed by atoms with Crippen LogP contribution < -0.4 is 20.1 Å². The highest BCUT2D eigenvalue weighted by Gasteiger charge is 2.36. The van der Waals surface area contributed by atoms with E-state index < -0.39 is 17.7 Å². The Morgan fingerprint density at radius 3 is 1.93 bits per heavy atom. The van der Waals surface area contributed by atoms with Crippen molar-refractivity contribution in [1.82, 2.24) is 15.5 Å². The van der Waals surface area contributed by atoms with Crippen LogP contribution in [-0.2, 0) is 4.79 Å². The van der Waals surface area contributed by atoms with E-state index in [-0.39, 0.29) is 36.7 Å². The third-order valence-electron chi connectivity index (χ3n) is 4.53. The summed E-state index contributed by atoms with van der Waals surface area (Å²) in [4.78, 5) is 49.8. The zero-order valence-corrected chi connectivity index (χ0v) is 16.6. The first-order valence-electron chi connectivity index (χ1n) is 9.17. The minimum absolute atomic E-state index is 0.134. The number of rotatable bonds is 8. The number of benzene rings is 2. The van der Waals surface area contributed by atoms with Gasteiger partial charge in [-0.15, -0.1) is 0 Å². The molecule has 0 spiro atoms. The summed E-state index contributed by atoms with van der Waals surface area (Å²) in [7, 11) is 2.97. The first kappa shape index (κ1) is 20.8. The highest BCUT2D eigenvalue weighted by molar-refractivity contribution is 6.22. The fraction of sp³-hybridized carbons (Fsp3) is 0.238. The van der Waals surface area contributed by atoms with Gasteiger partial charge in [-0.2, -0.15) is 0 Å². The fourth-order valence-corrected chi connectivity index (χ4v) is 3.00. The first-order valence-corrected chi connectivity index (χ1v) is 9.17. The quantitative estimate of drug-likeness (QED) is 0.492. The molecule has 1 aliphatic heterocycles. The number of carbonyl (C=O) groups is 4.